The second-order valence-electron chi connectivity index (χ2n) is 7.11. The first-order valence-electron chi connectivity index (χ1n) is 9.64. The molecule has 3 N–H and O–H groups in total. The van der Waals surface area contributed by atoms with Crippen LogP contribution in [0.5, 0.6) is 0 Å². The third kappa shape index (κ3) is 4.47. The van der Waals surface area contributed by atoms with Crippen LogP contribution in [0.25, 0.3) is 11.1 Å². The van der Waals surface area contributed by atoms with Gasteiger partial charge in [-0.1, -0.05) is 18.2 Å². The van der Waals surface area contributed by atoms with Gasteiger partial charge in [0.2, 0.25) is 0 Å². The van der Waals surface area contributed by atoms with E-state index >= 15 is 0 Å². The van der Waals surface area contributed by atoms with Gasteiger partial charge in [-0.2, -0.15) is 5.10 Å². The molecule has 3 heterocycles. The van der Waals surface area contributed by atoms with E-state index in [-0.39, 0.29) is 0 Å². The van der Waals surface area contributed by atoms with E-state index in [4.69, 9.17) is 5.21 Å². The molecule has 1 saturated heterocycles. The number of nitrogens with zero attached hydrogens (tertiary/aromatic N) is 3. The summed E-state index contributed by atoms with van der Waals surface area (Å²) in [6.45, 7) is 3.57. The summed E-state index contributed by atoms with van der Waals surface area (Å²) in [6.07, 6.45) is 8.86. The Morgan fingerprint density at radius 1 is 1.21 bits per heavy atom. The van der Waals surface area contributed by atoms with Gasteiger partial charge >= 0.3 is 0 Å². The number of aromatic nitrogens is 2. The Balaban J connectivity index is 1.36. The first-order valence-corrected chi connectivity index (χ1v) is 10.4. The van der Waals surface area contributed by atoms with E-state index in [0.717, 1.165) is 42.9 Å². The molecule has 4 rings (SSSR count). The number of hydroxylamine groups is 1. The van der Waals surface area contributed by atoms with Crippen LogP contribution in [0, 0.1) is 0 Å². The number of benzene rings is 1. The average Bonchev–Trinajstić information content (AvgIpc) is 3.25. The highest BCUT2D eigenvalue weighted by Crippen LogP contribution is 2.29. The molecular weight excluding hydrogens is 374 g/mol. The van der Waals surface area contributed by atoms with Gasteiger partial charge in [0.15, 0.2) is 0 Å². The second kappa shape index (κ2) is 8.91. The van der Waals surface area contributed by atoms with Gasteiger partial charge in [0.05, 0.1) is 12.2 Å². The Morgan fingerprint density at radius 2 is 2.00 bits per heavy atom. The summed E-state index contributed by atoms with van der Waals surface area (Å²) < 4.78 is 4.32. The minimum atomic E-state index is -0.404. The van der Waals surface area contributed by atoms with Crippen LogP contribution < -0.4 is 10.8 Å². The number of rotatable bonds is 5. The number of carbonyl (C=O) groups excluding carboxylic acids is 1. The molecule has 2 aromatic rings. The number of hydrogen-bond donors (Lipinski definition) is 3. The van der Waals surface area contributed by atoms with Crippen LogP contribution in [0.3, 0.4) is 0 Å². The van der Waals surface area contributed by atoms with Crippen LogP contribution in [0.15, 0.2) is 53.2 Å². The van der Waals surface area contributed by atoms with Gasteiger partial charge in [-0.3, -0.25) is 14.7 Å². The third-order valence-electron chi connectivity index (χ3n) is 5.27. The Morgan fingerprint density at radius 3 is 2.68 bits per heavy atom. The maximum Gasteiger partial charge on any atom is 0.270 e. The first-order chi connectivity index (χ1) is 13.7. The highest BCUT2D eigenvalue weighted by atomic mass is 32.2. The largest absolute Gasteiger partial charge is 0.317 e. The van der Waals surface area contributed by atoms with Crippen LogP contribution in [0.1, 0.15) is 25.3 Å². The lowest BCUT2D eigenvalue weighted by Gasteiger charge is -2.24. The molecule has 0 atom stereocenters. The molecule has 2 aliphatic rings. The van der Waals surface area contributed by atoms with Crippen molar-refractivity contribution < 1.29 is 10.0 Å². The van der Waals surface area contributed by atoms with Gasteiger partial charge in [0, 0.05) is 35.3 Å². The summed E-state index contributed by atoms with van der Waals surface area (Å²) in [4.78, 5) is 12.6. The number of amides is 1. The third-order valence-corrected chi connectivity index (χ3v) is 6.34. The normalized spacial score (nSPS) is 18.7. The standard InChI is InChI=1S/C20H25N5O2S/c26-20(23-27)16-7-11-24(12-8-16)28-19-3-1-15(2-4-19)17-13-22-25(14-17)18-5-9-21-10-6-18/h1-4,7,13-14,18,21,27H,5-6,8-12H2,(H,23,26). The Hall–Kier alpha value is -2.13. The number of nitrogens with one attached hydrogen (secondary N) is 2. The number of hydrogen-bond acceptors (Lipinski definition) is 6. The van der Waals surface area contributed by atoms with Crippen molar-refractivity contribution in [1.82, 2.24) is 24.9 Å². The van der Waals surface area contributed by atoms with Crippen molar-refractivity contribution in [2.24, 2.45) is 0 Å². The van der Waals surface area contributed by atoms with E-state index in [2.05, 4.69) is 49.9 Å². The summed E-state index contributed by atoms with van der Waals surface area (Å²) in [5.41, 5.74) is 4.66. The zero-order chi connectivity index (χ0) is 19.3. The number of carbonyl (C=O) groups is 1. The summed E-state index contributed by atoms with van der Waals surface area (Å²) in [5.74, 6) is -0.404. The molecule has 1 aromatic carbocycles. The molecule has 0 aliphatic carbocycles. The van der Waals surface area contributed by atoms with Crippen molar-refractivity contribution in [2.75, 3.05) is 26.2 Å². The Labute approximate surface area is 168 Å². The molecule has 1 aromatic heterocycles. The van der Waals surface area contributed by atoms with Gasteiger partial charge in [0.25, 0.3) is 5.91 Å². The fraction of sp³-hybridized carbons (Fsp3) is 0.400. The quantitative estimate of drug-likeness (QED) is 0.407. The fourth-order valence-electron chi connectivity index (χ4n) is 3.63. The van der Waals surface area contributed by atoms with Crippen molar-refractivity contribution in [3.8, 4) is 11.1 Å². The average molecular weight is 400 g/mol. The first kappa shape index (κ1) is 19.2. The van der Waals surface area contributed by atoms with Crippen molar-refractivity contribution in [1.29, 1.82) is 0 Å². The van der Waals surface area contributed by atoms with E-state index in [0.29, 0.717) is 24.6 Å². The molecular formula is C20H25N5O2S. The van der Waals surface area contributed by atoms with Gasteiger partial charge in [-0.05, 0) is 62.0 Å². The molecule has 0 unspecified atom stereocenters. The predicted octanol–water partition coefficient (Wildman–Crippen LogP) is 2.62. The van der Waals surface area contributed by atoms with Gasteiger partial charge in [0.1, 0.15) is 0 Å². The Kier molecular flexibility index (Phi) is 6.11. The molecule has 0 radical (unpaired) electrons. The fourth-order valence-corrected chi connectivity index (χ4v) is 4.51. The molecule has 7 nitrogen and oxygen atoms in total. The second-order valence-corrected chi connectivity index (χ2v) is 8.28. The summed E-state index contributed by atoms with van der Waals surface area (Å²) in [6, 6.07) is 9.02. The highest BCUT2D eigenvalue weighted by Gasteiger charge is 2.18. The monoisotopic (exact) mass is 399 g/mol. The predicted molar refractivity (Wildman–Crippen MR) is 109 cm³/mol. The highest BCUT2D eigenvalue weighted by molar-refractivity contribution is 7.97. The maximum atomic E-state index is 11.4. The van der Waals surface area contributed by atoms with E-state index in [1.165, 1.54) is 5.56 Å². The molecule has 1 fully saturated rings. The topological polar surface area (TPSA) is 82.4 Å². The lowest BCUT2D eigenvalue weighted by atomic mass is 10.1. The summed E-state index contributed by atoms with van der Waals surface area (Å²) in [7, 11) is 0. The summed E-state index contributed by atoms with van der Waals surface area (Å²) in [5, 5.41) is 16.7. The van der Waals surface area contributed by atoms with Gasteiger partial charge in [-0.25, -0.2) is 9.79 Å². The van der Waals surface area contributed by atoms with Crippen LogP contribution >= 0.6 is 11.9 Å². The zero-order valence-electron chi connectivity index (χ0n) is 15.7. The molecule has 8 heteroatoms. The van der Waals surface area contributed by atoms with Crippen molar-refractivity contribution >= 4 is 17.9 Å². The zero-order valence-corrected chi connectivity index (χ0v) is 16.5. The molecule has 1 amide bonds. The molecule has 0 spiro atoms. The smallest absolute Gasteiger partial charge is 0.270 e. The Bertz CT molecular complexity index is 843. The lowest BCUT2D eigenvalue weighted by molar-refractivity contribution is -0.125. The number of piperidine rings is 1. The van der Waals surface area contributed by atoms with E-state index in [1.54, 1.807) is 17.4 Å². The maximum absolute atomic E-state index is 11.4. The van der Waals surface area contributed by atoms with Crippen LogP contribution in [0.4, 0.5) is 0 Å². The van der Waals surface area contributed by atoms with Crippen LogP contribution in [-0.4, -0.2) is 51.4 Å². The minimum Gasteiger partial charge on any atom is -0.317 e. The van der Waals surface area contributed by atoms with E-state index < -0.39 is 5.91 Å². The van der Waals surface area contributed by atoms with Crippen molar-refractivity contribution in [2.45, 2.75) is 30.2 Å². The lowest BCUT2D eigenvalue weighted by Crippen LogP contribution is -2.29. The SMILES string of the molecule is O=C(NO)C1=CCN(Sc2ccc(-c3cnn(C4CCNCC4)c3)cc2)CC1. The molecule has 28 heavy (non-hydrogen) atoms. The van der Waals surface area contributed by atoms with Crippen LogP contribution in [-0.2, 0) is 4.79 Å². The van der Waals surface area contributed by atoms with Crippen molar-refractivity contribution in [3.05, 3.63) is 48.3 Å². The minimum absolute atomic E-state index is 0.404. The molecule has 0 bridgehead atoms. The van der Waals surface area contributed by atoms with E-state index in [9.17, 15) is 4.79 Å². The van der Waals surface area contributed by atoms with Crippen LogP contribution in [0.2, 0.25) is 0 Å². The molecule has 2 aliphatic heterocycles. The van der Waals surface area contributed by atoms with E-state index in [1.807, 2.05) is 12.3 Å². The van der Waals surface area contributed by atoms with Crippen molar-refractivity contribution in [3.63, 3.8) is 0 Å². The molecule has 148 valence electrons. The molecule has 0 saturated carbocycles. The summed E-state index contributed by atoms with van der Waals surface area (Å²) >= 11 is 1.68. The van der Waals surface area contributed by atoms with Gasteiger partial charge < -0.3 is 5.32 Å². The van der Waals surface area contributed by atoms with Gasteiger partial charge in [-0.15, -0.1) is 0 Å².